The molecule has 0 radical (unpaired) electrons. The van der Waals surface area contributed by atoms with Crippen LogP contribution < -0.4 is 11.1 Å². The third kappa shape index (κ3) is 5.91. The number of para-hydroxylation sites is 2. The molecule has 0 spiro atoms. The van der Waals surface area contributed by atoms with Crippen molar-refractivity contribution in [3.05, 3.63) is 95.0 Å². The number of benzene rings is 3. The standard InChI is InChI=1S/C22H19ClN2OS/c23-18-10-12-19(13-11-18)27-15-17-7-5-16(6-8-17)9-14-22(26)25-21-4-2-1-3-20(21)24/h1-14H,15,24H2,(H,25,26)/b14-9+. The van der Waals surface area contributed by atoms with E-state index in [0.29, 0.717) is 11.4 Å². The summed E-state index contributed by atoms with van der Waals surface area (Å²) in [5.41, 5.74) is 9.16. The van der Waals surface area contributed by atoms with E-state index in [-0.39, 0.29) is 5.91 Å². The Morgan fingerprint density at radius 2 is 1.70 bits per heavy atom. The Morgan fingerprint density at radius 3 is 2.41 bits per heavy atom. The van der Waals surface area contributed by atoms with Crippen molar-refractivity contribution in [1.82, 2.24) is 0 Å². The maximum Gasteiger partial charge on any atom is 0.248 e. The lowest BCUT2D eigenvalue weighted by atomic mass is 10.1. The van der Waals surface area contributed by atoms with Crippen molar-refractivity contribution in [2.24, 2.45) is 0 Å². The molecule has 0 aliphatic rings. The number of thioether (sulfide) groups is 1. The van der Waals surface area contributed by atoms with Gasteiger partial charge in [-0.2, -0.15) is 0 Å². The van der Waals surface area contributed by atoms with E-state index in [1.54, 1.807) is 30.0 Å². The van der Waals surface area contributed by atoms with E-state index in [0.717, 1.165) is 16.3 Å². The highest BCUT2D eigenvalue weighted by molar-refractivity contribution is 7.98. The molecule has 0 saturated carbocycles. The van der Waals surface area contributed by atoms with Crippen molar-refractivity contribution in [1.29, 1.82) is 0 Å². The lowest BCUT2D eigenvalue weighted by Crippen LogP contribution is -2.09. The maximum absolute atomic E-state index is 12.0. The van der Waals surface area contributed by atoms with Crippen LogP contribution in [0.1, 0.15) is 11.1 Å². The fraction of sp³-hybridized carbons (Fsp3) is 0.0455. The van der Waals surface area contributed by atoms with Crippen LogP contribution in [0, 0.1) is 0 Å². The second kappa shape index (κ2) is 9.31. The predicted octanol–water partition coefficient (Wildman–Crippen LogP) is 5.87. The van der Waals surface area contributed by atoms with Crippen LogP contribution in [-0.4, -0.2) is 5.91 Å². The molecule has 136 valence electrons. The van der Waals surface area contributed by atoms with Gasteiger partial charge in [-0.15, -0.1) is 11.8 Å². The summed E-state index contributed by atoms with van der Waals surface area (Å²) in [7, 11) is 0. The van der Waals surface area contributed by atoms with Crippen LogP contribution in [0.25, 0.3) is 6.08 Å². The Morgan fingerprint density at radius 1 is 1.00 bits per heavy atom. The minimum absolute atomic E-state index is 0.213. The molecule has 0 saturated heterocycles. The normalized spacial score (nSPS) is 10.9. The number of carbonyl (C=O) groups is 1. The Labute approximate surface area is 168 Å². The number of hydrogen-bond donors (Lipinski definition) is 2. The van der Waals surface area contributed by atoms with Crippen LogP contribution in [0.4, 0.5) is 11.4 Å². The minimum Gasteiger partial charge on any atom is -0.397 e. The average molecular weight is 395 g/mol. The highest BCUT2D eigenvalue weighted by Gasteiger charge is 2.01. The zero-order valence-corrected chi connectivity index (χ0v) is 16.1. The van der Waals surface area contributed by atoms with E-state index in [9.17, 15) is 4.79 Å². The summed E-state index contributed by atoms with van der Waals surface area (Å²) in [6.07, 6.45) is 3.29. The predicted molar refractivity (Wildman–Crippen MR) is 116 cm³/mol. The van der Waals surface area contributed by atoms with E-state index in [2.05, 4.69) is 17.4 Å². The number of nitrogens with two attached hydrogens (primary N) is 1. The molecule has 0 unspecified atom stereocenters. The van der Waals surface area contributed by atoms with Gasteiger partial charge in [-0.1, -0.05) is 48.0 Å². The molecule has 5 heteroatoms. The van der Waals surface area contributed by atoms with Gasteiger partial charge in [-0.25, -0.2) is 0 Å². The molecule has 0 atom stereocenters. The quantitative estimate of drug-likeness (QED) is 0.312. The topological polar surface area (TPSA) is 55.1 Å². The van der Waals surface area contributed by atoms with Crippen LogP contribution in [-0.2, 0) is 10.5 Å². The van der Waals surface area contributed by atoms with Crippen LogP contribution in [0.3, 0.4) is 0 Å². The van der Waals surface area contributed by atoms with Crippen molar-refractivity contribution in [3.63, 3.8) is 0 Å². The summed E-state index contributed by atoms with van der Waals surface area (Å²) in [5.74, 6) is 0.662. The van der Waals surface area contributed by atoms with Crippen LogP contribution in [0.2, 0.25) is 5.02 Å². The molecule has 1 amide bonds. The first-order valence-corrected chi connectivity index (χ1v) is 9.77. The first-order valence-electron chi connectivity index (χ1n) is 8.41. The zero-order valence-electron chi connectivity index (χ0n) is 14.6. The van der Waals surface area contributed by atoms with Crippen molar-refractivity contribution in [2.75, 3.05) is 11.1 Å². The van der Waals surface area contributed by atoms with E-state index in [1.165, 1.54) is 16.5 Å². The Kier molecular flexibility index (Phi) is 6.58. The molecule has 27 heavy (non-hydrogen) atoms. The number of halogens is 1. The maximum atomic E-state index is 12.0. The Hall–Kier alpha value is -2.69. The smallest absolute Gasteiger partial charge is 0.248 e. The Bertz CT molecular complexity index is 937. The average Bonchev–Trinajstić information content (AvgIpc) is 2.68. The van der Waals surface area contributed by atoms with Gasteiger partial charge in [0, 0.05) is 21.7 Å². The third-order valence-corrected chi connectivity index (χ3v) is 5.18. The molecule has 0 fully saturated rings. The van der Waals surface area contributed by atoms with E-state index >= 15 is 0 Å². The van der Waals surface area contributed by atoms with Crippen LogP contribution in [0.5, 0.6) is 0 Å². The first kappa shape index (κ1) is 19.1. The molecular formula is C22H19ClN2OS. The fourth-order valence-electron chi connectivity index (χ4n) is 2.38. The molecular weight excluding hydrogens is 376 g/mol. The molecule has 3 nitrogen and oxygen atoms in total. The highest BCUT2D eigenvalue weighted by Crippen LogP contribution is 2.24. The molecule has 0 heterocycles. The molecule has 3 rings (SSSR count). The van der Waals surface area contributed by atoms with Crippen molar-refractivity contribution in [2.45, 2.75) is 10.6 Å². The first-order chi connectivity index (χ1) is 13.1. The van der Waals surface area contributed by atoms with Crippen molar-refractivity contribution >= 4 is 46.7 Å². The van der Waals surface area contributed by atoms with E-state index in [4.69, 9.17) is 17.3 Å². The second-order valence-corrected chi connectivity index (χ2v) is 7.38. The van der Waals surface area contributed by atoms with Gasteiger partial charge < -0.3 is 11.1 Å². The van der Waals surface area contributed by atoms with Crippen LogP contribution >= 0.6 is 23.4 Å². The summed E-state index contributed by atoms with van der Waals surface area (Å²) >= 11 is 7.66. The molecule has 3 aromatic rings. The number of nitrogen functional groups attached to an aromatic ring is 1. The lowest BCUT2D eigenvalue weighted by Gasteiger charge is -2.05. The van der Waals surface area contributed by atoms with Gasteiger partial charge in [0.2, 0.25) is 5.91 Å². The van der Waals surface area contributed by atoms with Gasteiger partial charge in [-0.05, 0) is 53.6 Å². The number of rotatable bonds is 6. The van der Waals surface area contributed by atoms with Gasteiger partial charge in [0.05, 0.1) is 11.4 Å². The van der Waals surface area contributed by atoms with Gasteiger partial charge in [0.25, 0.3) is 0 Å². The second-order valence-electron chi connectivity index (χ2n) is 5.89. The number of nitrogens with one attached hydrogen (secondary N) is 1. The number of carbonyl (C=O) groups excluding carboxylic acids is 1. The summed E-state index contributed by atoms with van der Waals surface area (Å²) in [6.45, 7) is 0. The molecule has 0 bridgehead atoms. The lowest BCUT2D eigenvalue weighted by molar-refractivity contribution is -0.111. The van der Waals surface area contributed by atoms with Gasteiger partial charge in [0.1, 0.15) is 0 Å². The summed E-state index contributed by atoms with van der Waals surface area (Å²) in [5, 5.41) is 3.52. The number of amides is 1. The summed E-state index contributed by atoms with van der Waals surface area (Å²) in [6, 6.07) is 23.1. The Balaban J connectivity index is 1.53. The minimum atomic E-state index is -0.213. The molecule has 0 aromatic heterocycles. The molecule has 0 aliphatic carbocycles. The SMILES string of the molecule is Nc1ccccc1NC(=O)/C=C/c1ccc(CSc2ccc(Cl)cc2)cc1. The highest BCUT2D eigenvalue weighted by atomic mass is 35.5. The summed E-state index contributed by atoms with van der Waals surface area (Å²) < 4.78 is 0. The third-order valence-electron chi connectivity index (χ3n) is 3.84. The largest absolute Gasteiger partial charge is 0.397 e. The zero-order chi connectivity index (χ0) is 19.1. The van der Waals surface area contributed by atoms with Gasteiger partial charge >= 0.3 is 0 Å². The monoisotopic (exact) mass is 394 g/mol. The molecule has 3 N–H and O–H groups in total. The van der Waals surface area contributed by atoms with Crippen molar-refractivity contribution in [3.8, 4) is 0 Å². The summed E-state index contributed by atoms with van der Waals surface area (Å²) in [4.78, 5) is 13.2. The van der Waals surface area contributed by atoms with E-state index < -0.39 is 0 Å². The molecule has 3 aromatic carbocycles. The fourth-order valence-corrected chi connectivity index (χ4v) is 3.36. The van der Waals surface area contributed by atoms with E-state index in [1.807, 2.05) is 48.5 Å². The molecule has 0 aliphatic heterocycles. The van der Waals surface area contributed by atoms with Crippen LogP contribution in [0.15, 0.2) is 83.8 Å². The van der Waals surface area contributed by atoms with Gasteiger partial charge in [-0.3, -0.25) is 4.79 Å². The van der Waals surface area contributed by atoms with Gasteiger partial charge in [0.15, 0.2) is 0 Å². The number of hydrogen-bond acceptors (Lipinski definition) is 3. The van der Waals surface area contributed by atoms with Crippen molar-refractivity contribution < 1.29 is 4.79 Å². The number of anilines is 2.